The Bertz CT molecular complexity index is 531. The number of hydrogen-bond donors (Lipinski definition) is 0. The van der Waals surface area contributed by atoms with Crippen LogP contribution in [0.3, 0.4) is 0 Å². The van der Waals surface area contributed by atoms with E-state index in [1.807, 2.05) is 11.9 Å². The van der Waals surface area contributed by atoms with E-state index in [1.54, 1.807) is 25.2 Å². The molecule has 0 radical (unpaired) electrons. The van der Waals surface area contributed by atoms with Crippen molar-refractivity contribution in [2.24, 2.45) is 4.99 Å². The minimum Gasteiger partial charge on any atom is -0.363 e. The lowest BCUT2D eigenvalue weighted by molar-refractivity contribution is 0.255. The fraction of sp³-hybridized carbons (Fsp3) is 0.385. The van der Waals surface area contributed by atoms with Crippen molar-refractivity contribution in [3.05, 3.63) is 28.2 Å². The standard InChI is InChI=1S/C13H15Cl2N3O/c1-17-7-3-4-12(17)16-13(19)18(2)11-8-9(14)5-6-10(11)15/h5-6,8H,3-4,7H2,1-2H3. The number of rotatable bonds is 1. The summed E-state index contributed by atoms with van der Waals surface area (Å²) in [6.45, 7) is 0.938. The van der Waals surface area contributed by atoms with Gasteiger partial charge in [-0.1, -0.05) is 23.2 Å². The van der Waals surface area contributed by atoms with Gasteiger partial charge in [0.05, 0.1) is 10.7 Å². The van der Waals surface area contributed by atoms with Gasteiger partial charge < -0.3 is 4.90 Å². The molecule has 1 heterocycles. The monoisotopic (exact) mass is 299 g/mol. The molecule has 0 aromatic heterocycles. The normalized spacial score (nSPS) is 17.1. The maximum absolute atomic E-state index is 12.1. The lowest BCUT2D eigenvalue weighted by atomic mass is 10.3. The third kappa shape index (κ3) is 3.19. The highest BCUT2D eigenvalue weighted by atomic mass is 35.5. The highest BCUT2D eigenvalue weighted by molar-refractivity contribution is 6.35. The summed E-state index contributed by atoms with van der Waals surface area (Å²) in [5.41, 5.74) is 0.559. The van der Waals surface area contributed by atoms with E-state index < -0.39 is 0 Å². The first-order valence-electron chi connectivity index (χ1n) is 6.00. The molecule has 102 valence electrons. The minimum absolute atomic E-state index is 0.340. The van der Waals surface area contributed by atoms with Gasteiger partial charge in [0.2, 0.25) is 0 Å². The summed E-state index contributed by atoms with van der Waals surface area (Å²) >= 11 is 12.0. The molecule has 1 aliphatic rings. The van der Waals surface area contributed by atoms with Gasteiger partial charge in [0.25, 0.3) is 0 Å². The van der Waals surface area contributed by atoms with Gasteiger partial charge in [-0.25, -0.2) is 4.79 Å². The maximum Gasteiger partial charge on any atom is 0.349 e. The van der Waals surface area contributed by atoms with E-state index in [1.165, 1.54) is 4.90 Å². The Kier molecular flexibility index (Phi) is 4.32. The van der Waals surface area contributed by atoms with Crippen LogP contribution in [0.2, 0.25) is 10.0 Å². The van der Waals surface area contributed by atoms with Crippen molar-refractivity contribution in [1.82, 2.24) is 4.90 Å². The molecule has 1 fully saturated rings. The molecule has 0 saturated carbocycles. The number of anilines is 1. The van der Waals surface area contributed by atoms with Gasteiger partial charge in [0.1, 0.15) is 5.84 Å². The molecule has 2 amide bonds. The fourth-order valence-corrected chi connectivity index (χ4v) is 2.38. The van der Waals surface area contributed by atoms with Crippen molar-refractivity contribution in [1.29, 1.82) is 0 Å². The summed E-state index contributed by atoms with van der Waals surface area (Å²) in [5.74, 6) is 0.815. The second-order valence-corrected chi connectivity index (χ2v) is 5.33. The van der Waals surface area contributed by atoms with Gasteiger partial charge in [0.15, 0.2) is 0 Å². The van der Waals surface area contributed by atoms with Crippen LogP contribution in [0.1, 0.15) is 12.8 Å². The van der Waals surface area contributed by atoms with E-state index in [0.29, 0.717) is 15.7 Å². The molecule has 0 atom stereocenters. The second-order valence-electron chi connectivity index (χ2n) is 4.49. The molecule has 0 spiro atoms. The number of amidine groups is 1. The van der Waals surface area contributed by atoms with E-state index in [2.05, 4.69) is 4.99 Å². The average molecular weight is 300 g/mol. The Labute approximate surface area is 122 Å². The molecule has 1 aromatic rings. The summed E-state index contributed by atoms with van der Waals surface area (Å²) in [6.07, 6.45) is 1.86. The zero-order chi connectivity index (χ0) is 14.0. The SMILES string of the molecule is CN1CCCC1=NC(=O)N(C)c1cc(Cl)ccc1Cl. The van der Waals surface area contributed by atoms with Gasteiger partial charge >= 0.3 is 6.03 Å². The highest BCUT2D eigenvalue weighted by Gasteiger charge is 2.19. The largest absolute Gasteiger partial charge is 0.363 e. The molecular formula is C13H15Cl2N3O. The number of carbonyl (C=O) groups excluding carboxylic acids is 1. The molecule has 4 nitrogen and oxygen atoms in total. The van der Waals surface area contributed by atoms with Crippen LogP contribution in [0.15, 0.2) is 23.2 Å². The molecule has 1 saturated heterocycles. The number of carbonyl (C=O) groups is 1. The Morgan fingerprint density at radius 2 is 2.16 bits per heavy atom. The van der Waals surface area contributed by atoms with Crippen molar-refractivity contribution in [3.8, 4) is 0 Å². The number of benzene rings is 1. The first-order valence-corrected chi connectivity index (χ1v) is 6.76. The molecule has 0 aliphatic carbocycles. The Balaban J connectivity index is 2.21. The van der Waals surface area contributed by atoms with Crippen molar-refractivity contribution in [2.75, 3.05) is 25.5 Å². The molecule has 1 aromatic carbocycles. The number of hydrogen-bond acceptors (Lipinski definition) is 1. The number of halogens is 2. The van der Waals surface area contributed by atoms with E-state index in [4.69, 9.17) is 23.2 Å². The van der Waals surface area contributed by atoms with Crippen LogP contribution in [0, 0.1) is 0 Å². The van der Waals surface area contributed by atoms with Gasteiger partial charge in [-0.05, 0) is 24.6 Å². The fourth-order valence-electron chi connectivity index (χ4n) is 1.97. The molecule has 1 aliphatic heterocycles. The summed E-state index contributed by atoms with van der Waals surface area (Å²) in [5, 5.41) is 1.00. The number of aliphatic imine (C=N–C) groups is 1. The molecule has 0 unspecified atom stereocenters. The smallest absolute Gasteiger partial charge is 0.349 e. The summed E-state index contributed by atoms with van der Waals surface area (Å²) in [7, 11) is 3.57. The van der Waals surface area contributed by atoms with E-state index in [0.717, 1.165) is 25.2 Å². The van der Waals surface area contributed by atoms with Crippen LogP contribution in [0.5, 0.6) is 0 Å². The average Bonchev–Trinajstić information content (AvgIpc) is 2.77. The number of urea groups is 1. The third-order valence-electron chi connectivity index (χ3n) is 3.12. The molecule has 0 bridgehead atoms. The van der Waals surface area contributed by atoms with Crippen LogP contribution in [0.4, 0.5) is 10.5 Å². The van der Waals surface area contributed by atoms with E-state index >= 15 is 0 Å². The summed E-state index contributed by atoms with van der Waals surface area (Å²) < 4.78 is 0. The van der Waals surface area contributed by atoms with Crippen LogP contribution in [-0.2, 0) is 0 Å². The summed E-state index contributed by atoms with van der Waals surface area (Å²) in [6, 6.07) is 4.66. The van der Waals surface area contributed by atoms with Crippen LogP contribution >= 0.6 is 23.2 Å². The lowest BCUT2D eigenvalue weighted by Crippen LogP contribution is -2.27. The lowest BCUT2D eigenvalue weighted by Gasteiger charge is -2.18. The number of likely N-dealkylation sites (tertiary alicyclic amines) is 1. The van der Waals surface area contributed by atoms with Crippen LogP contribution in [-0.4, -0.2) is 37.4 Å². The molecule has 2 rings (SSSR count). The molecular weight excluding hydrogens is 285 g/mol. The van der Waals surface area contributed by atoms with E-state index in [9.17, 15) is 4.79 Å². The molecule has 0 N–H and O–H groups in total. The minimum atomic E-state index is -0.340. The first kappa shape index (κ1) is 14.2. The van der Waals surface area contributed by atoms with Gasteiger partial charge in [-0.15, -0.1) is 0 Å². The van der Waals surface area contributed by atoms with Crippen LogP contribution < -0.4 is 4.90 Å². The topological polar surface area (TPSA) is 35.9 Å². The third-order valence-corrected chi connectivity index (χ3v) is 3.67. The zero-order valence-electron chi connectivity index (χ0n) is 10.9. The Hall–Kier alpha value is -1.26. The van der Waals surface area contributed by atoms with Gasteiger partial charge in [0, 0.05) is 32.1 Å². The predicted molar refractivity (Wildman–Crippen MR) is 79.6 cm³/mol. The second kappa shape index (κ2) is 5.80. The van der Waals surface area contributed by atoms with Gasteiger partial charge in [-0.2, -0.15) is 4.99 Å². The van der Waals surface area contributed by atoms with Crippen molar-refractivity contribution in [3.63, 3.8) is 0 Å². The molecule has 6 heteroatoms. The highest BCUT2D eigenvalue weighted by Crippen LogP contribution is 2.28. The molecule has 19 heavy (non-hydrogen) atoms. The predicted octanol–water partition coefficient (Wildman–Crippen LogP) is 3.67. The van der Waals surface area contributed by atoms with Crippen molar-refractivity contribution >= 4 is 40.8 Å². The Morgan fingerprint density at radius 1 is 1.42 bits per heavy atom. The quantitative estimate of drug-likeness (QED) is 0.793. The Morgan fingerprint density at radius 3 is 2.79 bits per heavy atom. The zero-order valence-corrected chi connectivity index (χ0v) is 12.4. The maximum atomic E-state index is 12.1. The summed E-state index contributed by atoms with van der Waals surface area (Å²) in [4.78, 5) is 19.7. The van der Waals surface area contributed by atoms with Crippen LogP contribution in [0.25, 0.3) is 0 Å². The number of amides is 2. The van der Waals surface area contributed by atoms with Gasteiger partial charge in [-0.3, -0.25) is 4.90 Å². The van der Waals surface area contributed by atoms with Crippen molar-refractivity contribution < 1.29 is 4.79 Å². The first-order chi connectivity index (χ1) is 8.99. The van der Waals surface area contributed by atoms with Crippen molar-refractivity contribution in [2.45, 2.75) is 12.8 Å². The van der Waals surface area contributed by atoms with E-state index in [-0.39, 0.29) is 6.03 Å². The number of nitrogens with zero attached hydrogens (tertiary/aromatic N) is 3.